The molecule has 3 fully saturated rings. The number of hydrogen-bond donors (Lipinski definition) is 1. The highest BCUT2D eigenvalue weighted by Crippen LogP contribution is 2.49. The molecule has 0 aromatic carbocycles. The predicted octanol–water partition coefficient (Wildman–Crippen LogP) is 3.84. The van der Waals surface area contributed by atoms with E-state index in [0.29, 0.717) is 12.3 Å². The highest BCUT2D eigenvalue weighted by molar-refractivity contribution is 5.90. The molecule has 0 spiro atoms. The van der Waals surface area contributed by atoms with Crippen LogP contribution in [-0.2, 0) is 4.79 Å². The van der Waals surface area contributed by atoms with Crippen LogP contribution >= 0.6 is 0 Å². The number of nitrogens with zero attached hydrogens (tertiary/aromatic N) is 2. The van der Waals surface area contributed by atoms with E-state index in [1.807, 2.05) is 18.3 Å². The van der Waals surface area contributed by atoms with Crippen LogP contribution in [0.2, 0.25) is 0 Å². The van der Waals surface area contributed by atoms with E-state index < -0.39 is 0 Å². The van der Waals surface area contributed by atoms with Crippen molar-refractivity contribution in [2.75, 3.05) is 23.3 Å². The van der Waals surface area contributed by atoms with Gasteiger partial charge in [-0.2, -0.15) is 0 Å². The van der Waals surface area contributed by atoms with Crippen LogP contribution in [0.15, 0.2) is 18.3 Å². The van der Waals surface area contributed by atoms with Gasteiger partial charge in [-0.15, -0.1) is 0 Å². The highest BCUT2D eigenvalue weighted by atomic mass is 16.1. The SMILES string of the molecule is O=C(CC1CC2CCC1C2)Nc1ccc(N2CCCCC2)nc1. The van der Waals surface area contributed by atoms with Crippen LogP contribution in [0, 0.1) is 17.8 Å². The van der Waals surface area contributed by atoms with Gasteiger partial charge in [-0.1, -0.05) is 6.42 Å². The maximum absolute atomic E-state index is 12.3. The Hall–Kier alpha value is -1.58. The normalized spacial score (nSPS) is 29.7. The van der Waals surface area contributed by atoms with Gasteiger partial charge in [0.25, 0.3) is 0 Å². The number of amides is 1. The minimum Gasteiger partial charge on any atom is -0.357 e. The van der Waals surface area contributed by atoms with Gasteiger partial charge in [0.2, 0.25) is 5.91 Å². The zero-order chi connectivity index (χ0) is 15.6. The number of fused-ring (bicyclic) bond motifs is 2. The predicted molar refractivity (Wildman–Crippen MR) is 92.5 cm³/mol. The molecule has 2 saturated carbocycles. The monoisotopic (exact) mass is 313 g/mol. The summed E-state index contributed by atoms with van der Waals surface area (Å²) in [5.41, 5.74) is 0.832. The first-order valence-corrected chi connectivity index (χ1v) is 9.29. The van der Waals surface area contributed by atoms with Crippen molar-refractivity contribution >= 4 is 17.4 Å². The molecule has 2 heterocycles. The molecule has 1 aromatic heterocycles. The Kier molecular flexibility index (Phi) is 4.23. The Morgan fingerprint density at radius 2 is 2.04 bits per heavy atom. The lowest BCUT2D eigenvalue weighted by molar-refractivity contribution is -0.117. The summed E-state index contributed by atoms with van der Waals surface area (Å²) in [6.45, 7) is 2.20. The third kappa shape index (κ3) is 3.36. The molecule has 1 aliphatic heterocycles. The number of hydrogen-bond acceptors (Lipinski definition) is 3. The number of aromatic nitrogens is 1. The highest BCUT2D eigenvalue weighted by Gasteiger charge is 2.40. The molecule has 4 nitrogen and oxygen atoms in total. The molecular formula is C19H27N3O. The Balaban J connectivity index is 1.30. The molecule has 1 N–H and O–H groups in total. The van der Waals surface area contributed by atoms with Crippen LogP contribution < -0.4 is 10.2 Å². The van der Waals surface area contributed by atoms with Gasteiger partial charge < -0.3 is 10.2 Å². The van der Waals surface area contributed by atoms with Crippen LogP contribution in [0.3, 0.4) is 0 Å². The molecule has 4 rings (SSSR count). The Bertz CT molecular complexity index is 550. The van der Waals surface area contributed by atoms with Gasteiger partial charge in [0.15, 0.2) is 0 Å². The maximum atomic E-state index is 12.3. The summed E-state index contributed by atoms with van der Waals surface area (Å²) in [5, 5.41) is 3.04. The van der Waals surface area contributed by atoms with Gasteiger partial charge in [-0.05, 0) is 68.4 Å². The fourth-order valence-corrected chi connectivity index (χ4v) is 4.85. The van der Waals surface area contributed by atoms with Crippen molar-refractivity contribution in [3.05, 3.63) is 18.3 Å². The Morgan fingerprint density at radius 1 is 1.17 bits per heavy atom. The minimum absolute atomic E-state index is 0.162. The van der Waals surface area contributed by atoms with Gasteiger partial charge in [0.05, 0.1) is 11.9 Å². The third-order valence-corrected chi connectivity index (χ3v) is 6.04. The van der Waals surface area contributed by atoms with Crippen LogP contribution in [-0.4, -0.2) is 24.0 Å². The summed E-state index contributed by atoms with van der Waals surface area (Å²) in [6.07, 6.45) is 11.7. The molecular weight excluding hydrogens is 286 g/mol. The first-order valence-electron chi connectivity index (χ1n) is 9.29. The topological polar surface area (TPSA) is 45.2 Å². The molecule has 3 aliphatic rings. The number of carbonyl (C=O) groups excluding carboxylic acids is 1. The number of piperidine rings is 1. The van der Waals surface area contributed by atoms with E-state index in [1.165, 1.54) is 44.9 Å². The molecule has 2 aliphatic carbocycles. The summed E-state index contributed by atoms with van der Waals surface area (Å²) >= 11 is 0. The van der Waals surface area contributed by atoms with Crippen LogP contribution in [0.5, 0.6) is 0 Å². The number of anilines is 2. The van der Waals surface area contributed by atoms with E-state index in [2.05, 4.69) is 15.2 Å². The van der Waals surface area contributed by atoms with Gasteiger partial charge in [0.1, 0.15) is 5.82 Å². The van der Waals surface area contributed by atoms with Crippen molar-refractivity contribution in [2.24, 2.45) is 17.8 Å². The third-order valence-electron chi connectivity index (χ3n) is 6.04. The van der Waals surface area contributed by atoms with Crippen LogP contribution in [0.1, 0.15) is 51.4 Å². The fourth-order valence-electron chi connectivity index (χ4n) is 4.85. The summed E-state index contributed by atoms with van der Waals surface area (Å²) in [6, 6.07) is 4.04. The Labute approximate surface area is 138 Å². The number of pyridine rings is 1. The van der Waals surface area contributed by atoms with E-state index in [1.54, 1.807) is 0 Å². The van der Waals surface area contributed by atoms with Gasteiger partial charge in [0, 0.05) is 19.5 Å². The van der Waals surface area contributed by atoms with Crippen molar-refractivity contribution in [2.45, 2.75) is 51.4 Å². The molecule has 3 atom stereocenters. The molecule has 1 amide bonds. The zero-order valence-electron chi connectivity index (χ0n) is 13.8. The minimum atomic E-state index is 0.162. The summed E-state index contributed by atoms with van der Waals surface area (Å²) in [5.74, 6) is 3.54. The van der Waals surface area contributed by atoms with Crippen LogP contribution in [0.25, 0.3) is 0 Å². The first-order chi connectivity index (χ1) is 11.3. The van der Waals surface area contributed by atoms with Crippen molar-refractivity contribution in [1.29, 1.82) is 0 Å². The largest absolute Gasteiger partial charge is 0.357 e. The summed E-state index contributed by atoms with van der Waals surface area (Å²) in [4.78, 5) is 19.2. The number of rotatable bonds is 4. The molecule has 2 bridgehead atoms. The lowest BCUT2D eigenvalue weighted by Gasteiger charge is -2.27. The molecule has 124 valence electrons. The molecule has 23 heavy (non-hydrogen) atoms. The van der Waals surface area contributed by atoms with Gasteiger partial charge in [-0.3, -0.25) is 4.79 Å². The van der Waals surface area contributed by atoms with E-state index in [4.69, 9.17) is 0 Å². The molecule has 1 aromatic rings. The summed E-state index contributed by atoms with van der Waals surface area (Å²) in [7, 11) is 0. The first kappa shape index (κ1) is 15.0. The van der Waals surface area contributed by atoms with Crippen LogP contribution in [0.4, 0.5) is 11.5 Å². The standard InChI is InChI=1S/C19H27N3O/c23-19(12-16-11-14-4-5-15(16)10-14)21-17-6-7-18(20-13-17)22-8-2-1-3-9-22/h6-7,13-16H,1-5,8-12H2,(H,21,23). The van der Waals surface area contributed by atoms with Crippen molar-refractivity contribution < 1.29 is 4.79 Å². The van der Waals surface area contributed by atoms with E-state index in [0.717, 1.165) is 36.4 Å². The number of carbonyl (C=O) groups is 1. The summed E-state index contributed by atoms with van der Waals surface area (Å²) < 4.78 is 0. The van der Waals surface area contributed by atoms with Crippen molar-refractivity contribution in [3.8, 4) is 0 Å². The van der Waals surface area contributed by atoms with E-state index >= 15 is 0 Å². The van der Waals surface area contributed by atoms with E-state index in [9.17, 15) is 4.79 Å². The lowest BCUT2D eigenvalue weighted by Crippen LogP contribution is -2.30. The number of nitrogens with one attached hydrogen (secondary N) is 1. The maximum Gasteiger partial charge on any atom is 0.224 e. The average molecular weight is 313 g/mol. The second-order valence-corrected chi connectivity index (χ2v) is 7.64. The molecule has 1 saturated heterocycles. The lowest BCUT2D eigenvalue weighted by atomic mass is 9.86. The smallest absolute Gasteiger partial charge is 0.224 e. The molecule has 4 heteroatoms. The quantitative estimate of drug-likeness (QED) is 0.918. The molecule has 3 unspecified atom stereocenters. The van der Waals surface area contributed by atoms with Crippen molar-refractivity contribution in [1.82, 2.24) is 4.98 Å². The second-order valence-electron chi connectivity index (χ2n) is 7.64. The molecule has 0 radical (unpaired) electrons. The second kappa shape index (κ2) is 6.50. The van der Waals surface area contributed by atoms with Gasteiger partial charge in [-0.25, -0.2) is 4.98 Å². The average Bonchev–Trinajstić information content (AvgIpc) is 3.19. The van der Waals surface area contributed by atoms with E-state index in [-0.39, 0.29) is 5.91 Å². The zero-order valence-corrected chi connectivity index (χ0v) is 13.8. The van der Waals surface area contributed by atoms with Gasteiger partial charge >= 0.3 is 0 Å². The Morgan fingerprint density at radius 3 is 2.70 bits per heavy atom. The fraction of sp³-hybridized carbons (Fsp3) is 0.684. The van der Waals surface area contributed by atoms with Crippen molar-refractivity contribution in [3.63, 3.8) is 0 Å².